The number of benzene rings is 1. The summed E-state index contributed by atoms with van der Waals surface area (Å²) in [4.78, 5) is 16.3. The Balaban J connectivity index is 2.45. The van der Waals surface area contributed by atoms with E-state index in [4.69, 9.17) is 27.5 Å². The van der Waals surface area contributed by atoms with Crippen molar-refractivity contribution in [3.63, 3.8) is 0 Å². The molecule has 0 spiro atoms. The number of pyridine rings is 1. The quantitative estimate of drug-likeness (QED) is 0.476. The zero-order valence-electron chi connectivity index (χ0n) is 12.9. The monoisotopic (exact) mass is 329 g/mol. The van der Waals surface area contributed by atoms with Crippen LogP contribution in [0.2, 0.25) is 5.15 Å². The average Bonchev–Trinajstić information content (AvgIpc) is 2.53. The van der Waals surface area contributed by atoms with Crippen molar-refractivity contribution < 1.29 is 14.3 Å². The molecule has 0 N–H and O–H groups in total. The summed E-state index contributed by atoms with van der Waals surface area (Å²) in [6.45, 7) is 3.89. The number of esters is 1. The third-order valence-electron chi connectivity index (χ3n) is 3.14. The third-order valence-corrected chi connectivity index (χ3v) is 3.41. The van der Waals surface area contributed by atoms with Gasteiger partial charge in [-0.2, -0.15) is 0 Å². The van der Waals surface area contributed by atoms with Gasteiger partial charge in [-0.1, -0.05) is 47.9 Å². The Hall–Kier alpha value is -2.51. The first-order chi connectivity index (χ1) is 11.1. The van der Waals surface area contributed by atoms with Gasteiger partial charge in [0.05, 0.1) is 17.9 Å². The standard InChI is InChI=1S/C18H16ClNO3/c1-4-14-12(3)20-17(19)15(18(21)22-5-2)16(14)23-11-13-9-7-6-8-10-13/h1,6-10H,5,11H2,2-3H3. The number of hydrogen-bond acceptors (Lipinski definition) is 4. The smallest absolute Gasteiger partial charge is 0.345 e. The number of nitrogens with zero attached hydrogens (tertiary/aromatic N) is 1. The molecule has 118 valence electrons. The second-order valence-corrected chi connectivity index (χ2v) is 5.06. The van der Waals surface area contributed by atoms with Crippen molar-refractivity contribution in [2.24, 2.45) is 0 Å². The number of terminal acetylenes is 1. The van der Waals surface area contributed by atoms with Crippen molar-refractivity contribution in [2.75, 3.05) is 6.61 Å². The molecule has 23 heavy (non-hydrogen) atoms. The Kier molecular flexibility index (Phi) is 5.61. The number of halogens is 1. The first-order valence-electron chi connectivity index (χ1n) is 7.09. The lowest BCUT2D eigenvalue weighted by Crippen LogP contribution is -2.12. The second-order valence-electron chi connectivity index (χ2n) is 4.71. The minimum Gasteiger partial charge on any atom is -0.486 e. The topological polar surface area (TPSA) is 48.4 Å². The maximum absolute atomic E-state index is 12.2. The number of ether oxygens (including phenoxy) is 2. The van der Waals surface area contributed by atoms with Gasteiger partial charge in [0.25, 0.3) is 0 Å². The highest BCUT2D eigenvalue weighted by Crippen LogP contribution is 2.32. The lowest BCUT2D eigenvalue weighted by Gasteiger charge is -2.15. The molecule has 5 heteroatoms. The number of carbonyl (C=O) groups is 1. The molecule has 1 aromatic heterocycles. The highest BCUT2D eigenvalue weighted by molar-refractivity contribution is 6.32. The zero-order valence-corrected chi connectivity index (χ0v) is 13.7. The van der Waals surface area contributed by atoms with Gasteiger partial charge in [0, 0.05) is 0 Å². The van der Waals surface area contributed by atoms with Crippen LogP contribution >= 0.6 is 11.6 Å². The molecule has 0 unspecified atom stereocenters. The van der Waals surface area contributed by atoms with E-state index < -0.39 is 5.97 Å². The maximum atomic E-state index is 12.2. The van der Waals surface area contributed by atoms with E-state index in [0.29, 0.717) is 11.3 Å². The van der Waals surface area contributed by atoms with Crippen molar-refractivity contribution in [2.45, 2.75) is 20.5 Å². The van der Waals surface area contributed by atoms with E-state index in [1.807, 2.05) is 30.3 Å². The van der Waals surface area contributed by atoms with Crippen LogP contribution in [-0.4, -0.2) is 17.6 Å². The Labute approximate surface area is 140 Å². The fourth-order valence-corrected chi connectivity index (χ4v) is 2.36. The normalized spacial score (nSPS) is 10.0. The van der Waals surface area contributed by atoms with Gasteiger partial charge in [-0.15, -0.1) is 6.42 Å². The fraction of sp³-hybridized carbons (Fsp3) is 0.222. The molecular formula is C18H16ClNO3. The molecule has 0 aliphatic carbocycles. The van der Waals surface area contributed by atoms with Gasteiger partial charge < -0.3 is 9.47 Å². The Morgan fingerprint density at radius 1 is 1.35 bits per heavy atom. The Morgan fingerprint density at radius 2 is 2.04 bits per heavy atom. The number of carbonyl (C=O) groups excluding carboxylic acids is 1. The number of rotatable bonds is 5. The van der Waals surface area contributed by atoms with Gasteiger partial charge >= 0.3 is 5.97 Å². The van der Waals surface area contributed by atoms with E-state index in [2.05, 4.69) is 10.9 Å². The third kappa shape index (κ3) is 3.82. The Bertz CT molecular complexity index is 751. The summed E-state index contributed by atoms with van der Waals surface area (Å²) in [6, 6.07) is 9.54. The molecule has 1 heterocycles. The first-order valence-corrected chi connectivity index (χ1v) is 7.46. The van der Waals surface area contributed by atoms with Crippen LogP contribution in [0.4, 0.5) is 0 Å². The second kappa shape index (κ2) is 7.66. The minimum atomic E-state index is -0.607. The van der Waals surface area contributed by atoms with Crippen LogP contribution in [0.5, 0.6) is 5.75 Å². The van der Waals surface area contributed by atoms with E-state index in [1.54, 1.807) is 13.8 Å². The number of aryl methyl sites for hydroxylation is 1. The minimum absolute atomic E-state index is 0.0167. The summed E-state index contributed by atoms with van der Waals surface area (Å²) in [5.41, 5.74) is 1.92. The predicted octanol–water partition coefficient (Wildman–Crippen LogP) is 3.78. The van der Waals surface area contributed by atoms with E-state index in [9.17, 15) is 4.79 Å². The molecule has 4 nitrogen and oxygen atoms in total. The molecule has 0 amide bonds. The van der Waals surface area contributed by atoms with Crippen molar-refractivity contribution in [1.29, 1.82) is 0 Å². The predicted molar refractivity (Wildman–Crippen MR) is 88.6 cm³/mol. The van der Waals surface area contributed by atoms with Crippen molar-refractivity contribution in [1.82, 2.24) is 4.98 Å². The number of aromatic nitrogens is 1. The largest absolute Gasteiger partial charge is 0.486 e. The van der Waals surface area contributed by atoms with Crippen LogP contribution in [0.25, 0.3) is 0 Å². The van der Waals surface area contributed by atoms with E-state index in [1.165, 1.54) is 0 Å². The molecule has 0 fully saturated rings. The van der Waals surface area contributed by atoms with Gasteiger partial charge in [0.1, 0.15) is 17.3 Å². The van der Waals surface area contributed by atoms with E-state index in [0.717, 1.165) is 5.56 Å². The highest BCUT2D eigenvalue weighted by Gasteiger charge is 2.24. The molecular weight excluding hydrogens is 314 g/mol. The number of hydrogen-bond donors (Lipinski definition) is 0. The first kappa shape index (κ1) is 16.9. The van der Waals surface area contributed by atoms with Crippen LogP contribution in [0.1, 0.15) is 34.1 Å². The van der Waals surface area contributed by atoms with Crippen LogP contribution < -0.4 is 4.74 Å². The van der Waals surface area contributed by atoms with E-state index in [-0.39, 0.29) is 29.7 Å². The summed E-state index contributed by atoms with van der Waals surface area (Å²) in [5, 5.41) is 0.0167. The molecule has 1 aromatic carbocycles. The summed E-state index contributed by atoms with van der Waals surface area (Å²) >= 11 is 6.12. The van der Waals surface area contributed by atoms with Gasteiger partial charge in [-0.3, -0.25) is 0 Å². The van der Waals surface area contributed by atoms with Crippen molar-refractivity contribution in [3.8, 4) is 18.1 Å². The molecule has 0 atom stereocenters. The molecule has 0 saturated carbocycles. The summed E-state index contributed by atoms with van der Waals surface area (Å²) in [5.74, 6) is 2.13. The molecule has 2 rings (SSSR count). The van der Waals surface area contributed by atoms with Crippen LogP contribution in [-0.2, 0) is 11.3 Å². The fourth-order valence-electron chi connectivity index (χ4n) is 2.07. The summed E-state index contributed by atoms with van der Waals surface area (Å²) in [6.07, 6.45) is 5.55. The maximum Gasteiger partial charge on any atom is 0.345 e. The summed E-state index contributed by atoms with van der Waals surface area (Å²) in [7, 11) is 0. The Morgan fingerprint density at radius 3 is 2.65 bits per heavy atom. The van der Waals surface area contributed by atoms with Gasteiger partial charge in [-0.25, -0.2) is 9.78 Å². The van der Waals surface area contributed by atoms with E-state index >= 15 is 0 Å². The lowest BCUT2D eigenvalue weighted by molar-refractivity contribution is 0.0521. The molecule has 2 aromatic rings. The molecule has 0 bridgehead atoms. The molecule has 0 aliphatic rings. The lowest BCUT2D eigenvalue weighted by atomic mass is 10.1. The zero-order chi connectivity index (χ0) is 16.8. The SMILES string of the molecule is C#Cc1c(C)nc(Cl)c(C(=O)OCC)c1OCc1ccccc1. The van der Waals surface area contributed by atoms with Crippen LogP contribution in [0.3, 0.4) is 0 Å². The van der Waals surface area contributed by atoms with Gasteiger partial charge in [0.15, 0.2) is 5.75 Å². The van der Waals surface area contributed by atoms with Crippen molar-refractivity contribution >= 4 is 17.6 Å². The highest BCUT2D eigenvalue weighted by atomic mass is 35.5. The molecule has 0 radical (unpaired) electrons. The van der Waals surface area contributed by atoms with Crippen LogP contribution in [0.15, 0.2) is 30.3 Å². The molecule has 0 aliphatic heterocycles. The van der Waals surface area contributed by atoms with Crippen molar-refractivity contribution in [3.05, 3.63) is 57.9 Å². The van der Waals surface area contributed by atoms with Gasteiger partial charge in [0.2, 0.25) is 0 Å². The summed E-state index contributed by atoms with van der Waals surface area (Å²) < 4.78 is 10.8. The average molecular weight is 330 g/mol. The van der Waals surface area contributed by atoms with Crippen LogP contribution in [0, 0.1) is 19.3 Å². The van der Waals surface area contributed by atoms with Gasteiger partial charge in [-0.05, 0) is 19.4 Å². The molecule has 0 saturated heterocycles.